The molecule has 1 amide bonds. The highest BCUT2D eigenvalue weighted by Gasteiger charge is 2.04. The number of amides is 1. The Morgan fingerprint density at radius 3 is 2.42 bits per heavy atom. The molecule has 2 rings (SSSR count). The smallest absolute Gasteiger partial charge is 0.229 e. The highest BCUT2D eigenvalue weighted by Crippen LogP contribution is 2.07. The number of benzene rings is 1. The molecule has 0 aliphatic carbocycles. The lowest BCUT2D eigenvalue weighted by atomic mass is 10.1. The largest absolute Gasteiger partial charge is 0.326 e. The zero-order valence-corrected chi connectivity index (χ0v) is 10.9. The second-order valence-electron chi connectivity index (χ2n) is 4.47. The zero-order chi connectivity index (χ0) is 13.7. The molecule has 1 heterocycles. The molecular formula is C15H17N3O. The number of anilines is 1. The molecule has 0 atom stereocenters. The molecular weight excluding hydrogens is 238 g/mol. The first-order valence-electron chi connectivity index (χ1n) is 6.18. The summed E-state index contributed by atoms with van der Waals surface area (Å²) in [5.74, 6) is 0.506. The van der Waals surface area contributed by atoms with Gasteiger partial charge in [-0.1, -0.05) is 30.3 Å². The Bertz CT molecular complexity index is 547. The molecule has 2 aromatic rings. The first kappa shape index (κ1) is 13.2. The Balaban J connectivity index is 1.95. The van der Waals surface area contributed by atoms with Crippen LogP contribution in [-0.4, -0.2) is 10.9 Å². The Morgan fingerprint density at radius 1 is 1.16 bits per heavy atom. The molecule has 0 radical (unpaired) electrons. The van der Waals surface area contributed by atoms with Gasteiger partial charge in [0.2, 0.25) is 5.91 Å². The van der Waals surface area contributed by atoms with Crippen molar-refractivity contribution in [3.05, 3.63) is 59.3 Å². The Morgan fingerprint density at radius 2 is 1.84 bits per heavy atom. The average Bonchev–Trinajstić information content (AvgIpc) is 2.42. The van der Waals surface area contributed by atoms with Crippen molar-refractivity contribution in [2.75, 3.05) is 5.32 Å². The van der Waals surface area contributed by atoms with Crippen molar-refractivity contribution in [3.63, 3.8) is 0 Å². The molecule has 0 aliphatic heterocycles. The van der Waals surface area contributed by atoms with Crippen molar-refractivity contribution in [3.8, 4) is 0 Å². The van der Waals surface area contributed by atoms with Crippen molar-refractivity contribution in [2.45, 2.75) is 19.9 Å². The van der Waals surface area contributed by atoms with Crippen molar-refractivity contribution in [2.24, 2.45) is 5.73 Å². The molecule has 0 spiro atoms. The van der Waals surface area contributed by atoms with Crippen LogP contribution in [0.25, 0.3) is 0 Å². The summed E-state index contributed by atoms with van der Waals surface area (Å²) in [6.45, 7) is 2.47. The van der Waals surface area contributed by atoms with Gasteiger partial charge in [-0.2, -0.15) is 0 Å². The third-order valence-corrected chi connectivity index (χ3v) is 2.80. The molecule has 0 unspecified atom stereocenters. The standard InChI is InChI=1S/C15H17N3O/c1-11-2-7-14(17-10-11)18-15(19)8-12-3-5-13(9-16)6-4-12/h2-7,10H,8-9,16H2,1H3,(H,17,18,19). The average molecular weight is 255 g/mol. The van der Waals surface area contributed by atoms with Crippen molar-refractivity contribution in [1.29, 1.82) is 0 Å². The van der Waals surface area contributed by atoms with Crippen LogP contribution < -0.4 is 11.1 Å². The van der Waals surface area contributed by atoms with Crippen molar-refractivity contribution in [1.82, 2.24) is 4.98 Å². The second kappa shape index (κ2) is 6.11. The number of nitrogens with zero attached hydrogens (tertiary/aromatic N) is 1. The quantitative estimate of drug-likeness (QED) is 0.878. The normalized spacial score (nSPS) is 10.2. The van der Waals surface area contributed by atoms with Crippen LogP contribution in [0.4, 0.5) is 5.82 Å². The maximum atomic E-state index is 11.8. The number of aryl methyl sites for hydroxylation is 1. The van der Waals surface area contributed by atoms with Crippen LogP contribution in [0.5, 0.6) is 0 Å². The molecule has 3 N–H and O–H groups in total. The fourth-order valence-corrected chi connectivity index (χ4v) is 1.71. The maximum Gasteiger partial charge on any atom is 0.229 e. The predicted molar refractivity (Wildman–Crippen MR) is 75.6 cm³/mol. The van der Waals surface area contributed by atoms with E-state index in [0.717, 1.165) is 16.7 Å². The molecule has 0 bridgehead atoms. The topological polar surface area (TPSA) is 68.0 Å². The minimum Gasteiger partial charge on any atom is -0.326 e. The van der Waals surface area contributed by atoms with Gasteiger partial charge in [0.15, 0.2) is 0 Å². The second-order valence-corrected chi connectivity index (χ2v) is 4.47. The maximum absolute atomic E-state index is 11.8. The van der Waals surface area contributed by atoms with E-state index in [9.17, 15) is 4.79 Å². The first-order chi connectivity index (χ1) is 9.17. The number of aromatic nitrogens is 1. The highest BCUT2D eigenvalue weighted by molar-refractivity contribution is 5.91. The summed E-state index contributed by atoms with van der Waals surface area (Å²) in [5, 5.41) is 2.77. The van der Waals surface area contributed by atoms with E-state index in [4.69, 9.17) is 5.73 Å². The number of nitrogens with two attached hydrogens (primary N) is 1. The van der Waals surface area contributed by atoms with Crippen LogP contribution in [0.15, 0.2) is 42.6 Å². The minimum absolute atomic E-state index is 0.0724. The van der Waals surface area contributed by atoms with E-state index in [0.29, 0.717) is 18.8 Å². The number of hydrogen-bond donors (Lipinski definition) is 2. The SMILES string of the molecule is Cc1ccc(NC(=O)Cc2ccc(CN)cc2)nc1. The first-order valence-corrected chi connectivity index (χ1v) is 6.18. The molecule has 0 saturated carbocycles. The van der Waals surface area contributed by atoms with E-state index in [1.165, 1.54) is 0 Å². The zero-order valence-electron chi connectivity index (χ0n) is 10.9. The molecule has 4 nitrogen and oxygen atoms in total. The Labute approximate surface area is 112 Å². The summed E-state index contributed by atoms with van der Waals surface area (Å²) in [7, 11) is 0. The van der Waals surface area contributed by atoms with E-state index < -0.39 is 0 Å². The van der Waals surface area contributed by atoms with Crippen LogP contribution in [0.1, 0.15) is 16.7 Å². The molecule has 0 saturated heterocycles. The van der Waals surface area contributed by atoms with E-state index in [1.54, 1.807) is 12.3 Å². The van der Waals surface area contributed by atoms with Crippen molar-refractivity contribution >= 4 is 11.7 Å². The minimum atomic E-state index is -0.0724. The molecule has 0 fully saturated rings. The summed E-state index contributed by atoms with van der Waals surface area (Å²) < 4.78 is 0. The summed E-state index contributed by atoms with van der Waals surface area (Å²) in [5.41, 5.74) is 8.61. The lowest BCUT2D eigenvalue weighted by Crippen LogP contribution is -2.15. The number of nitrogens with one attached hydrogen (secondary N) is 1. The summed E-state index contributed by atoms with van der Waals surface area (Å²) in [6, 6.07) is 11.4. The van der Waals surface area contributed by atoms with Crippen LogP contribution in [0.2, 0.25) is 0 Å². The number of pyridine rings is 1. The van der Waals surface area contributed by atoms with Gasteiger partial charge in [-0.3, -0.25) is 4.79 Å². The number of hydrogen-bond acceptors (Lipinski definition) is 3. The fraction of sp³-hybridized carbons (Fsp3) is 0.200. The summed E-state index contributed by atoms with van der Waals surface area (Å²) in [4.78, 5) is 16.0. The lowest BCUT2D eigenvalue weighted by Gasteiger charge is -2.05. The van der Waals surface area contributed by atoms with Gasteiger partial charge < -0.3 is 11.1 Å². The Kier molecular flexibility index (Phi) is 4.26. The Hall–Kier alpha value is -2.20. The van der Waals surface area contributed by atoms with Gasteiger partial charge in [-0.25, -0.2) is 4.98 Å². The monoisotopic (exact) mass is 255 g/mol. The third kappa shape index (κ3) is 3.89. The number of rotatable bonds is 4. The van der Waals surface area contributed by atoms with Gasteiger partial charge >= 0.3 is 0 Å². The van der Waals surface area contributed by atoms with E-state index in [2.05, 4.69) is 10.3 Å². The summed E-state index contributed by atoms with van der Waals surface area (Å²) in [6.07, 6.45) is 2.06. The van der Waals surface area contributed by atoms with E-state index in [1.807, 2.05) is 37.3 Å². The van der Waals surface area contributed by atoms with Crippen LogP contribution >= 0.6 is 0 Å². The van der Waals surface area contributed by atoms with Gasteiger partial charge in [0.1, 0.15) is 5.82 Å². The highest BCUT2D eigenvalue weighted by atomic mass is 16.1. The van der Waals surface area contributed by atoms with E-state index >= 15 is 0 Å². The van der Waals surface area contributed by atoms with Gasteiger partial charge in [-0.15, -0.1) is 0 Å². The summed E-state index contributed by atoms with van der Waals surface area (Å²) >= 11 is 0. The van der Waals surface area contributed by atoms with Gasteiger partial charge in [0.05, 0.1) is 6.42 Å². The van der Waals surface area contributed by atoms with E-state index in [-0.39, 0.29) is 5.91 Å². The number of carbonyl (C=O) groups is 1. The van der Waals surface area contributed by atoms with Gasteiger partial charge in [0.25, 0.3) is 0 Å². The van der Waals surface area contributed by atoms with Crippen LogP contribution in [0.3, 0.4) is 0 Å². The molecule has 0 aliphatic rings. The molecule has 1 aromatic carbocycles. The fourth-order valence-electron chi connectivity index (χ4n) is 1.71. The van der Waals surface area contributed by atoms with Crippen LogP contribution in [-0.2, 0) is 17.8 Å². The van der Waals surface area contributed by atoms with Crippen LogP contribution in [0, 0.1) is 6.92 Å². The third-order valence-electron chi connectivity index (χ3n) is 2.80. The molecule has 4 heteroatoms. The predicted octanol–water partition coefficient (Wildman–Crippen LogP) is 2.03. The number of carbonyl (C=O) groups excluding carboxylic acids is 1. The molecule has 98 valence electrons. The molecule has 19 heavy (non-hydrogen) atoms. The van der Waals surface area contributed by atoms with Crippen molar-refractivity contribution < 1.29 is 4.79 Å². The van der Waals surface area contributed by atoms with Gasteiger partial charge in [-0.05, 0) is 29.7 Å². The lowest BCUT2D eigenvalue weighted by molar-refractivity contribution is -0.115. The molecule has 1 aromatic heterocycles. The van der Waals surface area contributed by atoms with Gasteiger partial charge in [0, 0.05) is 12.7 Å².